The number of nitrogen functional groups attached to an aromatic ring is 1. The van der Waals surface area contributed by atoms with Crippen molar-refractivity contribution >= 4 is 23.1 Å². The van der Waals surface area contributed by atoms with E-state index in [0.29, 0.717) is 16.4 Å². The molecular weight excluding hydrogens is 268 g/mol. The number of nitrogens with zero attached hydrogens (tertiary/aromatic N) is 3. The first-order valence-electron chi connectivity index (χ1n) is 5.70. The van der Waals surface area contributed by atoms with Gasteiger partial charge in [0.25, 0.3) is 5.69 Å². The van der Waals surface area contributed by atoms with E-state index in [-0.39, 0.29) is 17.4 Å². The number of nitrogens with two attached hydrogens (primary N) is 1. The number of non-ortho nitro benzene ring substituents is 1. The molecule has 0 unspecified atom stereocenters. The Balaban J connectivity index is 2.56. The minimum Gasteiger partial charge on any atom is -0.382 e. The maximum atomic E-state index is 10.8. The Morgan fingerprint density at radius 3 is 2.68 bits per heavy atom. The molecule has 0 aliphatic heterocycles. The van der Waals surface area contributed by atoms with Gasteiger partial charge in [0.15, 0.2) is 0 Å². The third-order valence-electron chi connectivity index (χ3n) is 2.72. The first-order chi connectivity index (χ1) is 8.91. The maximum Gasteiger partial charge on any atom is 0.271 e. The lowest BCUT2D eigenvalue weighted by Gasteiger charge is -2.03. The maximum absolute atomic E-state index is 10.8. The second-order valence-electron chi connectivity index (χ2n) is 4.43. The molecule has 0 radical (unpaired) electrons. The van der Waals surface area contributed by atoms with E-state index in [4.69, 9.17) is 17.3 Å². The largest absolute Gasteiger partial charge is 0.382 e. The molecule has 19 heavy (non-hydrogen) atoms. The van der Waals surface area contributed by atoms with Crippen LogP contribution in [0, 0.1) is 10.1 Å². The van der Waals surface area contributed by atoms with Crippen molar-refractivity contribution < 1.29 is 4.92 Å². The number of rotatable bonds is 3. The van der Waals surface area contributed by atoms with Gasteiger partial charge in [-0.05, 0) is 12.0 Å². The molecule has 1 heterocycles. The molecule has 2 rings (SSSR count). The molecule has 100 valence electrons. The molecule has 7 heteroatoms. The molecule has 0 amide bonds. The van der Waals surface area contributed by atoms with Crippen molar-refractivity contribution in [2.45, 2.75) is 19.8 Å². The first kappa shape index (κ1) is 13.4. The highest BCUT2D eigenvalue weighted by Gasteiger charge is 2.18. The molecule has 2 aromatic rings. The fourth-order valence-corrected chi connectivity index (χ4v) is 2.07. The summed E-state index contributed by atoms with van der Waals surface area (Å²) in [6, 6.07) is 6.09. The SMILES string of the molecule is CC(C)c1nn(-c2cccc([N+](=O)[O-])c2)c(N)c1Cl. The van der Waals surface area contributed by atoms with Crippen LogP contribution in [0.2, 0.25) is 5.02 Å². The molecule has 1 aromatic carbocycles. The summed E-state index contributed by atoms with van der Waals surface area (Å²) in [6.07, 6.45) is 0. The summed E-state index contributed by atoms with van der Waals surface area (Å²) < 4.78 is 1.42. The Kier molecular flexibility index (Phi) is 3.44. The van der Waals surface area contributed by atoms with E-state index in [1.807, 2.05) is 13.8 Å². The number of benzene rings is 1. The fourth-order valence-electron chi connectivity index (χ4n) is 1.73. The zero-order valence-electron chi connectivity index (χ0n) is 10.5. The molecular formula is C12H13ClN4O2. The second-order valence-corrected chi connectivity index (χ2v) is 4.81. The van der Waals surface area contributed by atoms with E-state index in [0.717, 1.165) is 0 Å². The quantitative estimate of drug-likeness (QED) is 0.691. The number of anilines is 1. The van der Waals surface area contributed by atoms with Gasteiger partial charge in [0.2, 0.25) is 0 Å². The van der Waals surface area contributed by atoms with Crippen LogP contribution in [-0.4, -0.2) is 14.7 Å². The number of nitro benzene ring substituents is 1. The van der Waals surface area contributed by atoms with Crippen molar-refractivity contribution in [3.63, 3.8) is 0 Å². The van der Waals surface area contributed by atoms with Crippen LogP contribution in [0.25, 0.3) is 5.69 Å². The van der Waals surface area contributed by atoms with E-state index in [2.05, 4.69) is 5.10 Å². The topological polar surface area (TPSA) is 87.0 Å². The van der Waals surface area contributed by atoms with Gasteiger partial charge in [-0.15, -0.1) is 0 Å². The van der Waals surface area contributed by atoms with Crippen LogP contribution >= 0.6 is 11.6 Å². The smallest absolute Gasteiger partial charge is 0.271 e. The van der Waals surface area contributed by atoms with Crippen molar-refractivity contribution in [3.8, 4) is 5.69 Å². The minimum atomic E-state index is -0.464. The summed E-state index contributed by atoms with van der Waals surface area (Å²) >= 11 is 6.12. The lowest BCUT2D eigenvalue weighted by molar-refractivity contribution is -0.384. The summed E-state index contributed by atoms with van der Waals surface area (Å²) in [6.45, 7) is 3.90. The van der Waals surface area contributed by atoms with Crippen LogP contribution in [-0.2, 0) is 0 Å². The van der Waals surface area contributed by atoms with E-state index < -0.39 is 4.92 Å². The lowest BCUT2D eigenvalue weighted by atomic mass is 10.1. The van der Waals surface area contributed by atoms with Gasteiger partial charge < -0.3 is 5.73 Å². The molecule has 0 bridgehead atoms. The van der Waals surface area contributed by atoms with Gasteiger partial charge in [-0.2, -0.15) is 5.10 Å². The van der Waals surface area contributed by atoms with Gasteiger partial charge in [-0.25, -0.2) is 4.68 Å². The van der Waals surface area contributed by atoms with Gasteiger partial charge >= 0.3 is 0 Å². The average molecular weight is 281 g/mol. The summed E-state index contributed by atoms with van der Waals surface area (Å²) in [5, 5.41) is 15.5. The predicted molar refractivity (Wildman–Crippen MR) is 73.7 cm³/mol. The van der Waals surface area contributed by atoms with Crippen LogP contribution in [0.3, 0.4) is 0 Å². The van der Waals surface area contributed by atoms with Gasteiger partial charge in [0, 0.05) is 12.1 Å². The summed E-state index contributed by atoms with van der Waals surface area (Å²) in [7, 11) is 0. The minimum absolute atomic E-state index is 0.0189. The average Bonchev–Trinajstić information content (AvgIpc) is 2.67. The van der Waals surface area contributed by atoms with Crippen molar-refractivity contribution in [2.24, 2.45) is 0 Å². The van der Waals surface area contributed by atoms with E-state index in [1.54, 1.807) is 12.1 Å². The zero-order chi connectivity index (χ0) is 14.2. The van der Waals surface area contributed by atoms with Crippen LogP contribution in [0.4, 0.5) is 11.5 Å². The molecule has 0 saturated heterocycles. The van der Waals surface area contributed by atoms with E-state index in [1.165, 1.54) is 16.8 Å². The summed E-state index contributed by atoms with van der Waals surface area (Å²) in [5.41, 5.74) is 7.07. The number of nitro groups is 1. The highest BCUT2D eigenvalue weighted by Crippen LogP contribution is 2.31. The zero-order valence-corrected chi connectivity index (χ0v) is 11.3. The first-order valence-corrected chi connectivity index (χ1v) is 6.08. The standard InChI is InChI=1S/C12H13ClN4O2/c1-7(2)11-10(13)12(14)16(15-11)8-4-3-5-9(6-8)17(18)19/h3-7H,14H2,1-2H3. The predicted octanol–water partition coefficient (Wildman–Crippen LogP) is 3.14. The highest BCUT2D eigenvalue weighted by atomic mass is 35.5. The van der Waals surface area contributed by atoms with Gasteiger partial charge in [-0.3, -0.25) is 10.1 Å². The van der Waals surface area contributed by atoms with Gasteiger partial charge in [-0.1, -0.05) is 31.5 Å². The van der Waals surface area contributed by atoms with Gasteiger partial charge in [0.1, 0.15) is 10.8 Å². The van der Waals surface area contributed by atoms with Crippen LogP contribution in [0.5, 0.6) is 0 Å². The van der Waals surface area contributed by atoms with Crippen molar-refractivity contribution in [3.05, 3.63) is 45.1 Å². The molecule has 0 saturated carbocycles. The van der Waals surface area contributed by atoms with Crippen LogP contribution < -0.4 is 5.73 Å². The monoisotopic (exact) mass is 280 g/mol. The Morgan fingerprint density at radius 1 is 1.47 bits per heavy atom. The highest BCUT2D eigenvalue weighted by molar-refractivity contribution is 6.33. The van der Waals surface area contributed by atoms with E-state index in [9.17, 15) is 10.1 Å². The molecule has 0 spiro atoms. The number of aromatic nitrogens is 2. The number of hydrogen-bond acceptors (Lipinski definition) is 4. The molecule has 0 aliphatic carbocycles. The lowest BCUT2D eigenvalue weighted by Crippen LogP contribution is -2.03. The molecule has 0 fully saturated rings. The van der Waals surface area contributed by atoms with Crippen molar-refractivity contribution in [2.75, 3.05) is 5.73 Å². The van der Waals surface area contributed by atoms with Crippen LogP contribution in [0.1, 0.15) is 25.5 Å². The molecule has 0 atom stereocenters. The molecule has 1 aromatic heterocycles. The summed E-state index contributed by atoms with van der Waals surface area (Å²) in [4.78, 5) is 10.3. The Hall–Kier alpha value is -2.08. The third kappa shape index (κ3) is 2.39. The molecule has 2 N–H and O–H groups in total. The van der Waals surface area contributed by atoms with Gasteiger partial charge in [0.05, 0.1) is 16.3 Å². The molecule has 0 aliphatic rings. The Labute approximate surface area is 114 Å². The number of hydrogen-bond donors (Lipinski definition) is 1. The third-order valence-corrected chi connectivity index (χ3v) is 3.10. The molecule has 6 nitrogen and oxygen atoms in total. The van der Waals surface area contributed by atoms with Crippen LogP contribution in [0.15, 0.2) is 24.3 Å². The normalized spacial score (nSPS) is 10.9. The summed E-state index contributed by atoms with van der Waals surface area (Å²) in [5.74, 6) is 0.403. The fraction of sp³-hybridized carbons (Fsp3) is 0.250. The second kappa shape index (κ2) is 4.89. The Morgan fingerprint density at radius 2 is 2.16 bits per heavy atom. The number of halogens is 1. The van der Waals surface area contributed by atoms with Crippen molar-refractivity contribution in [1.82, 2.24) is 9.78 Å². The van der Waals surface area contributed by atoms with Crippen molar-refractivity contribution in [1.29, 1.82) is 0 Å². The van der Waals surface area contributed by atoms with E-state index >= 15 is 0 Å². The Bertz CT molecular complexity index is 637.